The molecule has 3 rings (SSSR count). The van der Waals surface area contributed by atoms with Gasteiger partial charge in [-0.2, -0.15) is 0 Å². The van der Waals surface area contributed by atoms with Crippen LogP contribution in [-0.4, -0.2) is 25.2 Å². The summed E-state index contributed by atoms with van der Waals surface area (Å²) in [4.78, 5) is 5.82. The summed E-state index contributed by atoms with van der Waals surface area (Å²) in [5.74, 6) is 0.907. The van der Waals surface area contributed by atoms with Crippen LogP contribution in [0.5, 0.6) is 5.75 Å². The van der Waals surface area contributed by atoms with Gasteiger partial charge in [0.2, 0.25) is 0 Å². The second kappa shape index (κ2) is 5.53. The van der Waals surface area contributed by atoms with Gasteiger partial charge < -0.3 is 14.6 Å². The van der Waals surface area contributed by atoms with E-state index in [1.54, 1.807) is 7.11 Å². The average molecular weight is 267 g/mol. The molecule has 2 heterocycles. The number of anilines is 1. The highest BCUT2D eigenvalue weighted by atomic mass is 35.5. The number of ether oxygens (including phenoxy) is 1. The standard InChI is InChI=1S/C14H18N2O.ClH/c1-17-11-5-6-12-13(9-11)15-10-14(12)16-7-3-2-4-8-16;/h5-6,9-10,15H,2-4,7-8H2,1H3;1H. The molecule has 1 aliphatic heterocycles. The first-order chi connectivity index (χ1) is 8.38. The van der Waals surface area contributed by atoms with Crippen LogP contribution in [0.1, 0.15) is 19.3 Å². The van der Waals surface area contributed by atoms with Gasteiger partial charge in [-0.3, -0.25) is 0 Å². The molecular weight excluding hydrogens is 248 g/mol. The summed E-state index contributed by atoms with van der Waals surface area (Å²) in [7, 11) is 1.70. The van der Waals surface area contributed by atoms with Crippen LogP contribution in [0.25, 0.3) is 10.9 Å². The molecular formula is C14H19ClN2O. The Morgan fingerprint density at radius 3 is 2.67 bits per heavy atom. The molecule has 0 spiro atoms. The van der Waals surface area contributed by atoms with Gasteiger partial charge in [-0.1, -0.05) is 0 Å². The SMILES string of the molecule is COc1ccc2c(N3CCCCC3)c[nH]c2c1.Cl. The zero-order chi connectivity index (χ0) is 11.7. The van der Waals surface area contributed by atoms with E-state index >= 15 is 0 Å². The molecule has 0 amide bonds. The third-order valence-electron chi connectivity index (χ3n) is 3.56. The Kier molecular flexibility index (Phi) is 4.02. The lowest BCUT2D eigenvalue weighted by Gasteiger charge is -2.28. The maximum Gasteiger partial charge on any atom is 0.120 e. The van der Waals surface area contributed by atoms with E-state index in [9.17, 15) is 0 Å². The molecule has 1 aromatic carbocycles. The van der Waals surface area contributed by atoms with Crippen LogP contribution in [0.2, 0.25) is 0 Å². The van der Waals surface area contributed by atoms with Crippen LogP contribution in [-0.2, 0) is 0 Å². The van der Waals surface area contributed by atoms with Crippen molar-refractivity contribution in [2.75, 3.05) is 25.1 Å². The number of halogens is 1. The zero-order valence-electron chi connectivity index (χ0n) is 10.6. The van der Waals surface area contributed by atoms with Crippen molar-refractivity contribution in [1.82, 2.24) is 4.98 Å². The van der Waals surface area contributed by atoms with Gasteiger partial charge in [0.1, 0.15) is 5.75 Å². The summed E-state index contributed by atoms with van der Waals surface area (Å²) in [6.45, 7) is 2.36. The first kappa shape index (κ1) is 13.1. The van der Waals surface area contributed by atoms with E-state index in [0.717, 1.165) is 11.3 Å². The van der Waals surface area contributed by atoms with Crippen molar-refractivity contribution in [1.29, 1.82) is 0 Å². The third kappa shape index (κ3) is 2.27. The molecule has 0 radical (unpaired) electrons. The fourth-order valence-corrected chi connectivity index (χ4v) is 2.61. The molecule has 0 aliphatic carbocycles. The lowest BCUT2D eigenvalue weighted by atomic mass is 10.1. The molecule has 0 saturated carbocycles. The van der Waals surface area contributed by atoms with E-state index in [4.69, 9.17) is 4.74 Å². The Bertz CT molecular complexity index is 517. The molecule has 0 atom stereocenters. The van der Waals surface area contributed by atoms with Crippen molar-refractivity contribution in [3.63, 3.8) is 0 Å². The second-order valence-electron chi connectivity index (χ2n) is 4.63. The average Bonchev–Trinajstić information content (AvgIpc) is 2.82. The fourth-order valence-electron chi connectivity index (χ4n) is 2.61. The van der Waals surface area contributed by atoms with Crippen molar-refractivity contribution in [3.8, 4) is 5.75 Å². The van der Waals surface area contributed by atoms with Gasteiger partial charge >= 0.3 is 0 Å². The molecule has 2 aromatic rings. The fraction of sp³-hybridized carbons (Fsp3) is 0.429. The van der Waals surface area contributed by atoms with Crippen molar-refractivity contribution in [2.24, 2.45) is 0 Å². The van der Waals surface area contributed by atoms with Crippen LogP contribution in [0.3, 0.4) is 0 Å². The molecule has 1 N–H and O–H groups in total. The molecule has 98 valence electrons. The number of aromatic amines is 1. The van der Waals surface area contributed by atoms with Crippen LogP contribution in [0.4, 0.5) is 5.69 Å². The van der Waals surface area contributed by atoms with Crippen molar-refractivity contribution >= 4 is 29.0 Å². The zero-order valence-corrected chi connectivity index (χ0v) is 11.4. The predicted octanol–water partition coefficient (Wildman–Crippen LogP) is 3.59. The summed E-state index contributed by atoms with van der Waals surface area (Å²) in [5, 5.41) is 1.30. The molecule has 4 heteroatoms. The van der Waals surface area contributed by atoms with Crippen molar-refractivity contribution in [2.45, 2.75) is 19.3 Å². The largest absolute Gasteiger partial charge is 0.497 e. The van der Waals surface area contributed by atoms with Gasteiger partial charge in [0.05, 0.1) is 18.3 Å². The minimum atomic E-state index is 0. The quantitative estimate of drug-likeness (QED) is 0.900. The van der Waals surface area contributed by atoms with Crippen LogP contribution in [0.15, 0.2) is 24.4 Å². The van der Waals surface area contributed by atoms with E-state index in [2.05, 4.69) is 28.2 Å². The highest BCUT2D eigenvalue weighted by molar-refractivity contribution is 5.93. The van der Waals surface area contributed by atoms with Crippen LogP contribution in [0, 0.1) is 0 Å². The van der Waals surface area contributed by atoms with E-state index in [-0.39, 0.29) is 12.4 Å². The summed E-state index contributed by atoms with van der Waals surface area (Å²) >= 11 is 0. The third-order valence-corrected chi connectivity index (χ3v) is 3.56. The molecule has 3 nitrogen and oxygen atoms in total. The van der Waals surface area contributed by atoms with E-state index in [1.807, 2.05) is 6.07 Å². The number of aromatic nitrogens is 1. The molecule has 1 fully saturated rings. The number of nitrogens with one attached hydrogen (secondary N) is 1. The lowest BCUT2D eigenvalue weighted by Crippen LogP contribution is -2.29. The van der Waals surface area contributed by atoms with Gasteiger partial charge in [-0.25, -0.2) is 0 Å². The predicted molar refractivity (Wildman–Crippen MR) is 78.2 cm³/mol. The Balaban J connectivity index is 0.00000120. The first-order valence-corrected chi connectivity index (χ1v) is 6.28. The number of H-pyrrole nitrogens is 1. The number of methoxy groups -OCH3 is 1. The van der Waals surface area contributed by atoms with Crippen LogP contribution < -0.4 is 9.64 Å². The van der Waals surface area contributed by atoms with Crippen LogP contribution >= 0.6 is 12.4 Å². The lowest BCUT2D eigenvalue weighted by molar-refractivity contribution is 0.415. The molecule has 1 saturated heterocycles. The second-order valence-corrected chi connectivity index (χ2v) is 4.63. The molecule has 1 aliphatic rings. The number of hydrogen-bond donors (Lipinski definition) is 1. The van der Waals surface area contributed by atoms with Gasteiger partial charge in [-0.15, -0.1) is 12.4 Å². The Morgan fingerprint density at radius 2 is 1.94 bits per heavy atom. The highest BCUT2D eigenvalue weighted by Crippen LogP contribution is 2.30. The number of fused-ring (bicyclic) bond motifs is 1. The minimum absolute atomic E-state index is 0. The minimum Gasteiger partial charge on any atom is -0.497 e. The van der Waals surface area contributed by atoms with Gasteiger partial charge in [0, 0.05) is 30.7 Å². The summed E-state index contributed by atoms with van der Waals surface area (Å²) in [5.41, 5.74) is 2.49. The van der Waals surface area contributed by atoms with E-state index < -0.39 is 0 Å². The highest BCUT2D eigenvalue weighted by Gasteiger charge is 2.14. The van der Waals surface area contributed by atoms with Crippen molar-refractivity contribution in [3.05, 3.63) is 24.4 Å². The first-order valence-electron chi connectivity index (χ1n) is 6.28. The smallest absolute Gasteiger partial charge is 0.120 e. The summed E-state index contributed by atoms with van der Waals surface area (Å²) in [6, 6.07) is 6.24. The maximum absolute atomic E-state index is 5.24. The molecule has 0 unspecified atom stereocenters. The molecule has 0 bridgehead atoms. The number of piperidine rings is 1. The molecule has 1 aromatic heterocycles. The summed E-state index contributed by atoms with van der Waals surface area (Å²) < 4.78 is 5.24. The molecule has 18 heavy (non-hydrogen) atoms. The Hall–Kier alpha value is -1.35. The number of benzene rings is 1. The number of hydrogen-bond acceptors (Lipinski definition) is 2. The van der Waals surface area contributed by atoms with E-state index in [1.165, 1.54) is 43.4 Å². The maximum atomic E-state index is 5.24. The monoisotopic (exact) mass is 266 g/mol. The van der Waals surface area contributed by atoms with Gasteiger partial charge in [0.15, 0.2) is 0 Å². The topological polar surface area (TPSA) is 28.3 Å². The van der Waals surface area contributed by atoms with E-state index in [0.29, 0.717) is 0 Å². The van der Waals surface area contributed by atoms with Gasteiger partial charge in [-0.05, 0) is 31.4 Å². The normalized spacial score (nSPS) is 15.5. The Morgan fingerprint density at radius 1 is 1.17 bits per heavy atom. The number of rotatable bonds is 2. The number of nitrogens with zero attached hydrogens (tertiary/aromatic N) is 1. The Labute approximate surface area is 114 Å². The van der Waals surface area contributed by atoms with Gasteiger partial charge in [0.25, 0.3) is 0 Å². The van der Waals surface area contributed by atoms with Crippen molar-refractivity contribution < 1.29 is 4.74 Å². The summed E-state index contributed by atoms with van der Waals surface area (Å²) in [6.07, 6.45) is 6.10.